The molecule has 0 saturated carbocycles. The van der Waals surface area contributed by atoms with Crippen LogP contribution in [0.5, 0.6) is 0 Å². The molecule has 4 aromatic rings. The number of carbonyl (C=O) groups excluding carboxylic acids is 2. The number of fused-ring (bicyclic) bond motifs is 4. The van der Waals surface area contributed by atoms with Crippen molar-refractivity contribution in [2.75, 3.05) is 11.9 Å². The molecule has 2 heterocycles. The Labute approximate surface area is 190 Å². The van der Waals surface area contributed by atoms with Gasteiger partial charge < -0.3 is 14.5 Å². The summed E-state index contributed by atoms with van der Waals surface area (Å²) in [6.45, 7) is 4.30. The molecule has 1 atom stereocenters. The topological polar surface area (TPSA) is 68.5 Å². The Morgan fingerprint density at radius 2 is 1.94 bits per heavy atom. The fraction of sp³-hybridized carbons (Fsp3) is 0.308. The van der Waals surface area contributed by atoms with Gasteiger partial charge in [0.1, 0.15) is 16.2 Å². The van der Waals surface area contributed by atoms with E-state index in [9.17, 15) is 9.59 Å². The molecule has 1 unspecified atom stereocenters. The quantitative estimate of drug-likeness (QED) is 0.350. The van der Waals surface area contributed by atoms with Gasteiger partial charge in [-0.1, -0.05) is 31.5 Å². The average Bonchev–Trinajstić information content (AvgIpc) is 3.35. The van der Waals surface area contributed by atoms with E-state index in [1.165, 1.54) is 16.2 Å². The molecule has 1 aliphatic rings. The summed E-state index contributed by atoms with van der Waals surface area (Å²) in [5.41, 5.74) is 3.64. The molecule has 0 fully saturated rings. The monoisotopic (exact) mass is 447 g/mol. The van der Waals surface area contributed by atoms with Crippen LogP contribution < -0.4 is 5.32 Å². The molecule has 5 nitrogen and oxygen atoms in total. The van der Waals surface area contributed by atoms with Gasteiger partial charge in [0.05, 0.1) is 12.2 Å². The lowest BCUT2D eigenvalue weighted by molar-refractivity contribution is 0.0526. The molecule has 1 aliphatic carbocycles. The number of nitrogens with one attached hydrogen (secondary N) is 1. The van der Waals surface area contributed by atoms with Gasteiger partial charge >= 0.3 is 5.97 Å². The van der Waals surface area contributed by atoms with E-state index < -0.39 is 0 Å². The van der Waals surface area contributed by atoms with Crippen LogP contribution in [0.2, 0.25) is 0 Å². The number of hydrogen-bond acceptors (Lipinski definition) is 5. The maximum Gasteiger partial charge on any atom is 0.341 e. The molecular formula is C26H25NO4S. The van der Waals surface area contributed by atoms with Crippen molar-refractivity contribution in [1.29, 1.82) is 0 Å². The molecule has 5 rings (SSSR count). The lowest BCUT2D eigenvalue weighted by atomic mass is 9.85. The van der Waals surface area contributed by atoms with Crippen LogP contribution in [0.1, 0.15) is 57.8 Å². The Bertz CT molecular complexity index is 1330. The Kier molecular flexibility index (Phi) is 5.47. The first-order valence-corrected chi connectivity index (χ1v) is 11.9. The second-order valence-corrected chi connectivity index (χ2v) is 9.31. The molecule has 0 radical (unpaired) electrons. The highest BCUT2D eigenvalue weighted by Gasteiger charge is 2.30. The lowest BCUT2D eigenvalue weighted by Crippen LogP contribution is -2.17. The van der Waals surface area contributed by atoms with Crippen molar-refractivity contribution < 1.29 is 18.7 Å². The van der Waals surface area contributed by atoms with E-state index in [-0.39, 0.29) is 11.9 Å². The van der Waals surface area contributed by atoms with Gasteiger partial charge in [0.2, 0.25) is 0 Å². The number of benzene rings is 2. The van der Waals surface area contributed by atoms with E-state index in [2.05, 4.69) is 12.2 Å². The third kappa shape index (κ3) is 3.58. The second-order valence-electron chi connectivity index (χ2n) is 8.21. The minimum atomic E-state index is -0.355. The van der Waals surface area contributed by atoms with Crippen molar-refractivity contribution in [3.63, 3.8) is 0 Å². The zero-order chi connectivity index (χ0) is 22.2. The second kappa shape index (κ2) is 8.43. The van der Waals surface area contributed by atoms with Gasteiger partial charge in [-0.3, -0.25) is 4.79 Å². The Morgan fingerprint density at radius 1 is 1.12 bits per heavy atom. The van der Waals surface area contributed by atoms with E-state index in [0.29, 0.717) is 28.7 Å². The smallest absolute Gasteiger partial charge is 0.341 e. The molecule has 32 heavy (non-hydrogen) atoms. The summed E-state index contributed by atoms with van der Waals surface area (Å²) >= 11 is 1.51. The number of esters is 1. The number of anilines is 1. The minimum Gasteiger partial charge on any atom is -0.462 e. The predicted molar refractivity (Wildman–Crippen MR) is 128 cm³/mol. The van der Waals surface area contributed by atoms with Crippen LogP contribution in [0.15, 0.2) is 46.9 Å². The summed E-state index contributed by atoms with van der Waals surface area (Å²) in [5, 5.41) is 5.47. The van der Waals surface area contributed by atoms with Crippen molar-refractivity contribution in [1.82, 2.24) is 0 Å². The number of hydrogen-bond donors (Lipinski definition) is 1. The van der Waals surface area contributed by atoms with Crippen LogP contribution in [0, 0.1) is 5.92 Å². The normalized spacial score (nSPS) is 15.6. The number of thiophene rings is 1. The van der Waals surface area contributed by atoms with Gasteiger partial charge in [0.15, 0.2) is 0 Å². The first-order valence-electron chi connectivity index (χ1n) is 11.1. The Morgan fingerprint density at radius 3 is 2.75 bits per heavy atom. The maximum atomic E-state index is 13.2. The van der Waals surface area contributed by atoms with Crippen LogP contribution in [-0.2, 0) is 17.6 Å². The summed E-state index contributed by atoms with van der Waals surface area (Å²) in [7, 11) is 0. The Hall–Kier alpha value is -3.12. The zero-order valence-corrected chi connectivity index (χ0v) is 19.0. The minimum absolute atomic E-state index is 0.242. The van der Waals surface area contributed by atoms with E-state index in [0.717, 1.165) is 53.2 Å². The molecular weight excluding hydrogens is 422 g/mol. The maximum absolute atomic E-state index is 13.2. The molecule has 2 aromatic heterocycles. The van der Waals surface area contributed by atoms with Crippen molar-refractivity contribution in [3.8, 4) is 0 Å². The molecule has 0 bridgehead atoms. The van der Waals surface area contributed by atoms with Crippen LogP contribution in [0.3, 0.4) is 0 Å². The number of amides is 1. The largest absolute Gasteiger partial charge is 0.462 e. The zero-order valence-electron chi connectivity index (χ0n) is 18.2. The molecule has 1 N–H and O–H groups in total. The van der Waals surface area contributed by atoms with E-state index in [4.69, 9.17) is 9.15 Å². The van der Waals surface area contributed by atoms with E-state index >= 15 is 0 Å². The van der Waals surface area contributed by atoms with Gasteiger partial charge in [-0.15, -0.1) is 11.3 Å². The number of para-hydroxylation sites is 1. The van der Waals surface area contributed by atoms with E-state index in [1.807, 2.05) is 36.4 Å². The van der Waals surface area contributed by atoms with Gasteiger partial charge in [0.25, 0.3) is 5.91 Å². The number of carbonyl (C=O) groups is 2. The number of ether oxygens (including phenoxy) is 1. The van der Waals surface area contributed by atoms with Crippen LogP contribution in [-0.4, -0.2) is 18.5 Å². The van der Waals surface area contributed by atoms with Crippen molar-refractivity contribution in [2.24, 2.45) is 5.92 Å². The highest BCUT2D eigenvalue weighted by Crippen LogP contribution is 2.41. The van der Waals surface area contributed by atoms with Crippen molar-refractivity contribution in [3.05, 3.63) is 64.0 Å². The first kappa shape index (κ1) is 20.8. The van der Waals surface area contributed by atoms with Crippen LogP contribution in [0.25, 0.3) is 21.9 Å². The molecule has 164 valence electrons. The van der Waals surface area contributed by atoms with Gasteiger partial charge in [0, 0.05) is 21.2 Å². The third-order valence-corrected chi connectivity index (χ3v) is 7.46. The highest BCUT2D eigenvalue weighted by molar-refractivity contribution is 7.17. The summed E-state index contributed by atoms with van der Waals surface area (Å²) in [5.74, 6) is 0.0245. The SMILES string of the molecule is CCOC(=O)c1c(NC(=O)c2ccc3oc4ccccc4c3c2)sc2c1CCC(CC)C2. The van der Waals surface area contributed by atoms with Crippen LogP contribution >= 0.6 is 11.3 Å². The predicted octanol–water partition coefficient (Wildman–Crippen LogP) is 6.59. The van der Waals surface area contributed by atoms with Gasteiger partial charge in [-0.2, -0.15) is 0 Å². The van der Waals surface area contributed by atoms with Crippen LogP contribution in [0.4, 0.5) is 5.00 Å². The molecule has 0 spiro atoms. The molecule has 0 saturated heterocycles. The molecule has 1 amide bonds. The number of furan rings is 1. The lowest BCUT2D eigenvalue weighted by Gasteiger charge is -2.20. The fourth-order valence-corrected chi connectivity index (χ4v) is 5.90. The van der Waals surface area contributed by atoms with Crippen molar-refractivity contribution >= 4 is 50.2 Å². The molecule has 6 heteroatoms. The molecule has 0 aliphatic heterocycles. The standard InChI is InChI=1S/C26H25NO4S/c1-3-15-9-11-18-22(13-15)32-25(23(18)26(29)30-4-2)27-24(28)16-10-12-21-19(14-16)17-7-5-6-8-20(17)31-21/h5-8,10,12,14-15H,3-4,9,11,13H2,1-2H3,(H,27,28). The summed E-state index contributed by atoms with van der Waals surface area (Å²) in [6.07, 6.45) is 3.98. The highest BCUT2D eigenvalue weighted by atomic mass is 32.1. The summed E-state index contributed by atoms with van der Waals surface area (Å²) in [4.78, 5) is 27.2. The Balaban J connectivity index is 1.50. The molecule has 2 aromatic carbocycles. The average molecular weight is 448 g/mol. The van der Waals surface area contributed by atoms with Gasteiger partial charge in [-0.05, 0) is 61.9 Å². The summed E-state index contributed by atoms with van der Waals surface area (Å²) < 4.78 is 11.2. The van der Waals surface area contributed by atoms with Crippen molar-refractivity contribution in [2.45, 2.75) is 39.5 Å². The van der Waals surface area contributed by atoms with E-state index in [1.54, 1.807) is 13.0 Å². The fourth-order valence-electron chi connectivity index (χ4n) is 4.55. The third-order valence-electron chi connectivity index (χ3n) is 6.29. The first-order chi connectivity index (χ1) is 15.6. The summed E-state index contributed by atoms with van der Waals surface area (Å²) in [6, 6.07) is 13.2. The number of rotatable bonds is 5. The van der Waals surface area contributed by atoms with Gasteiger partial charge in [-0.25, -0.2) is 4.79 Å².